The van der Waals surface area contributed by atoms with Crippen LogP contribution in [0.25, 0.3) is 0 Å². The van der Waals surface area contributed by atoms with Crippen LogP contribution in [0.15, 0.2) is 15.9 Å². The van der Waals surface area contributed by atoms with Crippen LogP contribution in [0.2, 0.25) is 0 Å². The third-order valence-electron chi connectivity index (χ3n) is 1.47. The van der Waals surface area contributed by atoms with E-state index in [1.54, 1.807) is 18.4 Å². The molecule has 0 aromatic carbocycles. The van der Waals surface area contributed by atoms with Crippen molar-refractivity contribution in [3.63, 3.8) is 0 Å². The molecule has 0 amide bonds. The number of aliphatic hydroxyl groups is 1. The molecule has 0 fully saturated rings. The van der Waals surface area contributed by atoms with Gasteiger partial charge in [-0.1, -0.05) is 0 Å². The van der Waals surface area contributed by atoms with Crippen LogP contribution in [0.5, 0.6) is 0 Å². The van der Waals surface area contributed by atoms with Gasteiger partial charge in [-0.15, -0.1) is 11.3 Å². The quantitative estimate of drug-likeness (QED) is 0.887. The Balaban J connectivity index is 2.46. The summed E-state index contributed by atoms with van der Waals surface area (Å²) >= 11 is 5.05. The average Bonchev–Trinajstić information content (AvgIpc) is 2.37. The number of rotatable bonds is 4. The minimum atomic E-state index is -0.398. The summed E-state index contributed by atoms with van der Waals surface area (Å²) in [5.41, 5.74) is 0. The molecular weight excluding hydrogens is 240 g/mol. The minimum absolute atomic E-state index is 0.393. The van der Waals surface area contributed by atoms with Gasteiger partial charge in [-0.2, -0.15) is 0 Å². The van der Waals surface area contributed by atoms with Crippen molar-refractivity contribution in [3.8, 4) is 0 Å². The fraction of sp³-hybridized carbons (Fsp3) is 0.500. The Labute approximate surface area is 84.3 Å². The summed E-state index contributed by atoms with van der Waals surface area (Å²) in [7, 11) is 1.59. The molecule has 1 atom stereocenters. The van der Waals surface area contributed by atoms with Crippen molar-refractivity contribution >= 4 is 27.3 Å². The van der Waals surface area contributed by atoms with Gasteiger partial charge in [-0.25, -0.2) is 0 Å². The molecule has 1 aromatic rings. The maximum absolute atomic E-state index is 9.41. The normalized spacial score (nSPS) is 13.2. The molecule has 0 spiro atoms. The molecule has 0 bridgehead atoms. The van der Waals surface area contributed by atoms with Gasteiger partial charge in [0.15, 0.2) is 0 Å². The largest absolute Gasteiger partial charge is 0.390 e. The van der Waals surface area contributed by atoms with Gasteiger partial charge in [0, 0.05) is 22.9 Å². The third-order valence-corrected chi connectivity index (χ3v) is 3.42. The average molecular weight is 251 g/mol. The Hall–Kier alpha value is 0.100. The Morgan fingerprint density at radius 3 is 3.00 bits per heavy atom. The van der Waals surface area contributed by atoms with Crippen LogP contribution in [0.3, 0.4) is 0 Å². The molecule has 0 radical (unpaired) electrons. The first-order chi connectivity index (χ1) is 5.74. The highest BCUT2D eigenvalue weighted by molar-refractivity contribution is 9.10. The van der Waals surface area contributed by atoms with Gasteiger partial charge in [-0.3, -0.25) is 0 Å². The smallest absolute Gasteiger partial charge is 0.0822 e. The zero-order valence-corrected chi connectivity index (χ0v) is 9.19. The lowest BCUT2D eigenvalue weighted by Gasteiger charge is -2.07. The zero-order valence-electron chi connectivity index (χ0n) is 6.79. The summed E-state index contributed by atoms with van der Waals surface area (Å²) in [5.74, 6) is 0. The number of hydrogen-bond acceptors (Lipinski definition) is 3. The summed E-state index contributed by atoms with van der Waals surface area (Å²) in [6, 6.07) is 1.99. The molecule has 4 heteroatoms. The molecule has 12 heavy (non-hydrogen) atoms. The van der Waals surface area contributed by atoms with E-state index < -0.39 is 6.10 Å². The number of halogens is 1. The summed E-state index contributed by atoms with van der Waals surface area (Å²) < 4.78 is 5.90. The maximum atomic E-state index is 9.41. The highest BCUT2D eigenvalue weighted by Gasteiger charge is 2.08. The highest BCUT2D eigenvalue weighted by atomic mass is 79.9. The van der Waals surface area contributed by atoms with E-state index in [4.69, 9.17) is 4.74 Å². The molecule has 0 saturated carbocycles. The first-order valence-electron chi connectivity index (χ1n) is 3.63. The number of ether oxygens (including phenoxy) is 1. The SMILES string of the molecule is COCC(O)Cc1sccc1Br. The Kier molecular flexibility index (Phi) is 4.21. The summed E-state index contributed by atoms with van der Waals surface area (Å²) in [5, 5.41) is 11.4. The standard InChI is InChI=1S/C8H11BrO2S/c1-11-5-6(10)4-8-7(9)2-3-12-8/h2-3,6,10H,4-5H2,1H3. The van der Waals surface area contributed by atoms with E-state index in [2.05, 4.69) is 15.9 Å². The van der Waals surface area contributed by atoms with Gasteiger partial charge in [0.25, 0.3) is 0 Å². The van der Waals surface area contributed by atoms with Gasteiger partial charge < -0.3 is 9.84 Å². The predicted octanol–water partition coefficient (Wildman–Crippen LogP) is 2.06. The number of hydrogen-bond donors (Lipinski definition) is 1. The lowest BCUT2D eigenvalue weighted by atomic mass is 10.2. The Bertz CT molecular complexity index is 237. The second kappa shape index (κ2) is 4.97. The van der Waals surface area contributed by atoms with Gasteiger partial charge in [0.2, 0.25) is 0 Å². The van der Waals surface area contributed by atoms with Crippen LogP contribution in [0, 0.1) is 0 Å². The molecule has 1 aromatic heterocycles. The molecule has 1 N–H and O–H groups in total. The van der Waals surface area contributed by atoms with Crippen molar-refractivity contribution < 1.29 is 9.84 Å². The van der Waals surface area contributed by atoms with E-state index in [9.17, 15) is 5.11 Å². The molecular formula is C8H11BrO2S. The second-order valence-electron chi connectivity index (χ2n) is 2.51. The van der Waals surface area contributed by atoms with Crippen LogP contribution < -0.4 is 0 Å². The molecule has 0 aliphatic heterocycles. The van der Waals surface area contributed by atoms with E-state index in [-0.39, 0.29) is 0 Å². The monoisotopic (exact) mass is 250 g/mol. The number of aliphatic hydroxyl groups excluding tert-OH is 1. The van der Waals surface area contributed by atoms with E-state index in [0.29, 0.717) is 13.0 Å². The van der Waals surface area contributed by atoms with Gasteiger partial charge in [-0.05, 0) is 27.4 Å². The molecule has 2 nitrogen and oxygen atoms in total. The van der Waals surface area contributed by atoms with Crippen molar-refractivity contribution in [1.82, 2.24) is 0 Å². The van der Waals surface area contributed by atoms with Crippen LogP contribution in [-0.4, -0.2) is 24.9 Å². The molecule has 1 heterocycles. The van der Waals surface area contributed by atoms with Crippen molar-refractivity contribution in [1.29, 1.82) is 0 Å². The maximum Gasteiger partial charge on any atom is 0.0822 e. The van der Waals surface area contributed by atoms with Gasteiger partial charge in [0.1, 0.15) is 0 Å². The molecule has 0 saturated heterocycles. The minimum Gasteiger partial charge on any atom is -0.390 e. The van der Waals surface area contributed by atoms with Crippen LogP contribution in [0.1, 0.15) is 4.88 Å². The fourth-order valence-corrected chi connectivity index (χ4v) is 2.52. The molecule has 68 valence electrons. The van der Waals surface area contributed by atoms with E-state index in [1.165, 1.54) is 4.88 Å². The lowest BCUT2D eigenvalue weighted by Crippen LogP contribution is -2.16. The highest BCUT2D eigenvalue weighted by Crippen LogP contribution is 2.23. The van der Waals surface area contributed by atoms with E-state index in [0.717, 1.165) is 4.47 Å². The first kappa shape index (κ1) is 10.2. The summed E-state index contributed by atoms with van der Waals surface area (Å²) in [4.78, 5) is 1.17. The van der Waals surface area contributed by atoms with Crippen LogP contribution in [0.4, 0.5) is 0 Å². The van der Waals surface area contributed by atoms with Gasteiger partial charge >= 0.3 is 0 Å². The second-order valence-corrected chi connectivity index (χ2v) is 4.36. The van der Waals surface area contributed by atoms with Crippen molar-refractivity contribution in [2.24, 2.45) is 0 Å². The zero-order chi connectivity index (χ0) is 8.97. The first-order valence-corrected chi connectivity index (χ1v) is 5.30. The molecule has 1 rings (SSSR count). The molecule has 0 aliphatic rings. The van der Waals surface area contributed by atoms with E-state index >= 15 is 0 Å². The molecule has 0 aliphatic carbocycles. The van der Waals surface area contributed by atoms with Crippen LogP contribution in [-0.2, 0) is 11.2 Å². The topological polar surface area (TPSA) is 29.5 Å². The molecule has 1 unspecified atom stereocenters. The van der Waals surface area contributed by atoms with Crippen molar-refractivity contribution in [3.05, 3.63) is 20.8 Å². The summed E-state index contributed by atoms with van der Waals surface area (Å²) in [6.07, 6.45) is 0.261. The number of methoxy groups -OCH3 is 1. The third kappa shape index (κ3) is 2.86. The predicted molar refractivity (Wildman–Crippen MR) is 53.6 cm³/mol. The van der Waals surface area contributed by atoms with Gasteiger partial charge in [0.05, 0.1) is 12.7 Å². The van der Waals surface area contributed by atoms with Crippen molar-refractivity contribution in [2.75, 3.05) is 13.7 Å². The fourth-order valence-electron chi connectivity index (χ4n) is 0.936. The Morgan fingerprint density at radius 2 is 2.50 bits per heavy atom. The van der Waals surface area contributed by atoms with E-state index in [1.807, 2.05) is 11.4 Å². The lowest BCUT2D eigenvalue weighted by molar-refractivity contribution is 0.0654. The number of thiophene rings is 1. The Morgan fingerprint density at radius 1 is 1.75 bits per heavy atom. The van der Waals surface area contributed by atoms with Crippen molar-refractivity contribution in [2.45, 2.75) is 12.5 Å². The van der Waals surface area contributed by atoms with Crippen LogP contribution >= 0.6 is 27.3 Å². The summed E-state index contributed by atoms with van der Waals surface area (Å²) in [6.45, 7) is 0.393.